The van der Waals surface area contributed by atoms with Gasteiger partial charge in [-0.15, -0.1) is 0 Å². The molecule has 1 aromatic carbocycles. The van der Waals surface area contributed by atoms with Gasteiger partial charge in [0.2, 0.25) is 5.91 Å². The molecule has 1 fully saturated rings. The van der Waals surface area contributed by atoms with Gasteiger partial charge in [0.25, 0.3) is 0 Å². The average Bonchev–Trinajstić information content (AvgIpc) is 2.71. The Morgan fingerprint density at radius 3 is 2.42 bits per heavy atom. The Morgan fingerprint density at radius 1 is 1.21 bits per heavy atom. The fraction of sp³-hybridized carbons (Fsp3) is 0.308. The fourth-order valence-electron chi connectivity index (χ4n) is 1.84. The molecule has 0 spiro atoms. The molecule has 2 N–H and O–H groups in total. The summed E-state index contributed by atoms with van der Waals surface area (Å²) < 4.78 is 0. The van der Waals surface area contributed by atoms with Crippen molar-refractivity contribution >= 4 is 35.2 Å². The number of hydrogen-bond donors (Lipinski definition) is 2. The van der Waals surface area contributed by atoms with Crippen LogP contribution in [0.5, 0.6) is 0 Å². The third-order valence-corrected chi connectivity index (χ3v) is 3.67. The van der Waals surface area contributed by atoms with Crippen LogP contribution in [0.25, 0.3) is 6.08 Å². The lowest BCUT2D eigenvalue weighted by Crippen LogP contribution is -2.27. The summed E-state index contributed by atoms with van der Waals surface area (Å²) in [6, 6.07) is 5.05. The summed E-state index contributed by atoms with van der Waals surface area (Å²) >= 11 is 11.7. The molecule has 1 saturated heterocycles. The molecule has 1 amide bonds. The lowest BCUT2D eigenvalue weighted by atomic mass is 10.2. The minimum absolute atomic E-state index is 0.145. The van der Waals surface area contributed by atoms with Crippen molar-refractivity contribution in [3.05, 3.63) is 39.9 Å². The highest BCUT2D eigenvalue weighted by atomic mass is 35.5. The Hall–Kier alpha value is -1.07. The van der Waals surface area contributed by atoms with E-state index in [0.29, 0.717) is 10.0 Å². The minimum atomic E-state index is -0.873. The second kappa shape index (κ2) is 5.92. The van der Waals surface area contributed by atoms with Crippen LogP contribution in [0.15, 0.2) is 24.3 Å². The van der Waals surface area contributed by atoms with Gasteiger partial charge in [0.1, 0.15) is 0 Å². The maximum atomic E-state index is 11.8. The van der Waals surface area contributed by atoms with Gasteiger partial charge in [0.05, 0.1) is 22.3 Å². The molecule has 19 heavy (non-hydrogen) atoms. The van der Waals surface area contributed by atoms with E-state index in [1.54, 1.807) is 24.3 Å². The Balaban J connectivity index is 2.02. The largest absolute Gasteiger partial charge is 0.388 e. The number of aliphatic hydroxyl groups excluding tert-OH is 2. The van der Waals surface area contributed by atoms with E-state index in [9.17, 15) is 15.0 Å². The molecule has 1 aromatic rings. The molecular formula is C13H13Cl2NO3. The molecule has 0 bridgehead atoms. The van der Waals surface area contributed by atoms with E-state index in [2.05, 4.69) is 0 Å². The molecule has 0 aliphatic carbocycles. The van der Waals surface area contributed by atoms with Gasteiger partial charge in [-0.1, -0.05) is 29.3 Å². The molecule has 4 nitrogen and oxygen atoms in total. The second-order valence-electron chi connectivity index (χ2n) is 4.38. The highest BCUT2D eigenvalue weighted by Crippen LogP contribution is 2.23. The first kappa shape index (κ1) is 14.3. The summed E-state index contributed by atoms with van der Waals surface area (Å²) in [4.78, 5) is 13.2. The van der Waals surface area contributed by atoms with Crippen molar-refractivity contribution in [2.24, 2.45) is 0 Å². The maximum Gasteiger partial charge on any atom is 0.246 e. The van der Waals surface area contributed by atoms with Gasteiger partial charge >= 0.3 is 0 Å². The summed E-state index contributed by atoms with van der Waals surface area (Å²) in [5.74, 6) is -0.262. The Labute approximate surface area is 120 Å². The number of benzene rings is 1. The zero-order valence-corrected chi connectivity index (χ0v) is 11.5. The van der Waals surface area contributed by atoms with E-state index in [1.807, 2.05) is 0 Å². The summed E-state index contributed by atoms with van der Waals surface area (Å²) in [6.07, 6.45) is 1.25. The van der Waals surface area contributed by atoms with Gasteiger partial charge in [-0.25, -0.2) is 0 Å². The first-order valence-corrected chi connectivity index (χ1v) is 6.51. The van der Waals surface area contributed by atoms with Crippen molar-refractivity contribution in [2.75, 3.05) is 13.1 Å². The minimum Gasteiger partial charge on any atom is -0.388 e. The van der Waals surface area contributed by atoms with E-state index in [4.69, 9.17) is 23.2 Å². The summed E-state index contributed by atoms with van der Waals surface area (Å²) in [6.45, 7) is 0.289. The van der Waals surface area contributed by atoms with Crippen LogP contribution in [-0.4, -0.2) is 46.3 Å². The van der Waals surface area contributed by atoms with E-state index >= 15 is 0 Å². The van der Waals surface area contributed by atoms with Gasteiger partial charge in [-0.05, 0) is 23.8 Å². The van der Waals surface area contributed by atoms with E-state index in [1.165, 1.54) is 11.0 Å². The number of likely N-dealkylation sites (tertiary alicyclic amines) is 1. The molecule has 1 heterocycles. The lowest BCUT2D eigenvalue weighted by Gasteiger charge is -2.12. The van der Waals surface area contributed by atoms with Crippen molar-refractivity contribution in [3.63, 3.8) is 0 Å². The molecule has 0 radical (unpaired) electrons. The van der Waals surface area contributed by atoms with Crippen LogP contribution in [0.1, 0.15) is 5.56 Å². The number of β-amino-alcohol motifs (C(OH)–C–C–N with tert-alkyl or cyclic N) is 2. The molecule has 0 aromatic heterocycles. The highest BCUT2D eigenvalue weighted by Gasteiger charge is 2.31. The van der Waals surface area contributed by atoms with Crippen molar-refractivity contribution in [2.45, 2.75) is 12.2 Å². The van der Waals surface area contributed by atoms with Crippen LogP contribution in [0.3, 0.4) is 0 Å². The first-order chi connectivity index (χ1) is 8.97. The van der Waals surface area contributed by atoms with Crippen LogP contribution in [0, 0.1) is 0 Å². The standard InChI is InChI=1S/C13H13Cl2NO3/c14-9-3-1-8(5-10(9)15)2-4-13(19)16-6-11(17)12(18)7-16/h1-5,11-12,17-18H,6-7H2/b4-2+. The van der Waals surface area contributed by atoms with Crippen molar-refractivity contribution in [1.29, 1.82) is 0 Å². The second-order valence-corrected chi connectivity index (χ2v) is 5.20. The van der Waals surface area contributed by atoms with E-state index in [0.717, 1.165) is 5.56 Å². The summed E-state index contributed by atoms with van der Waals surface area (Å²) in [5, 5.41) is 19.6. The Morgan fingerprint density at radius 2 is 1.84 bits per heavy atom. The zero-order valence-electron chi connectivity index (χ0n) is 9.96. The number of carbonyl (C=O) groups is 1. The van der Waals surface area contributed by atoms with Crippen molar-refractivity contribution in [3.8, 4) is 0 Å². The lowest BCUT2D eigenvalue weighted by molar-refractivity contribution is -0.125. The number of aliphatic hydroxyl groups is 2. The summed E-state index contributed by atoms with van der Waals surface area (Å²) in [5.41, 5.74) is 0.753. The third-order valence-electron chi connectivity index (χ3n) is 2.93. The number of carbonyl (C=O) groups excluding carboxylic acids is 1. The van der Waals surface area contributed by atoms with Crippen LogP contribution in [0.2, 0.25) is 10.0 Å². The molecule has 1 aliphatic heterocycles. The fourth-order valence-corrected chi connectivity index (χ4v) is 2.14. The van der Waals surface area contributed by atoms with Crippen molar-refractivity contribution in [1.82, 2.24) is 4.90 Å². The topological polar surface area (TPSA) is 60.8 Å². The number of amides is 1. The molecule has 2 rings (SSSR count). The van der Waals surface area contributed by atoms with Crippen LogP contribution >= 0.6 is 23.2 Å². The van der Waals surface area contributed by atoms with Gasteiger partial charge in [-0.2, -0.15) is 0 Å². The third kappa shape index (κ3) is 3.48. The molecular weight excluding hydrogens is 289 g/mol. The number of rotatable bonds is 2. The SMILES string of the molecule is O=C(/C=C/c1ccc(Cl)c(Cl)c1)N1CC(O)C(O)C1. The highest BCUT2D eigenvalue weighted by molar-refractivity contribution is 6.42. The average molecular weight is 302 g/mol. The molecule has 2 atom stereocenters. The molecule has 2 unspecified atom stereocenters. The monoisotopic (exact) mass is 301 g/mol. The number of hydrogen-bond acceptors (Lipinski definition) is 3. The van der Waals surface area contributed by atoms with Gasteiger partial charge < -0.3 is 15.1 Å². The molecule has 1 aliphatic rings. The molecule has 6 heteroatoms. The maximum absolute atomic E-state index is 11.8. The van der Waals surface area contributed by atoms with Crippen LogP contribution in [0.4, 0.5) is 0 Å². The quantitative estimate of drug-likeness (QED) is 0.815. The van der Waals surface area contributed by atoms with Gasteiger partial charge in [0, 0.05) is 19.2 Å². The van der Waals surface area contributed by atoms with E-state index in [-0.39, 0.29) is 19.0 Å². The number of halogens is 2. The predicted octanol–water partition coefficient (Wildman–Crippen LogP) is 1.57. The molecule has 0 saturated carbocycles. The van der Waals surface area contributed by atoms with Crippen molar-refractivity contribution < 1.29 is 15.0 Å². The smallest absolute Gasteiger partial charge is 0.246 e. The predicted molar refractivity (Wildman–Crippen MR) is 74.1 cm³/mol. The van der Waals surface area contributed by atoms with Crippen LogP contribution < -0.4 is 0 Å². The van der Waals surface area contributed by atoms with E-state index < -0.39 is 12.2 Å². The summed E-state index contributed by atoms with van der Waals surface area (Å²) in [7, 11) is 0. The van der Waals surface area contributed by atoms with Gasteiger partial charge in [-0.3, -0.25) is 4.79 Å². The number of nitrogens with zero attached hydrogens (tertiary/aromatic N) is 1. The zero-order chi connectivity index (χ0) is 14.0. The van der Waals surface area contributed by atoms with Gasteiger partial charge in [0.15, 0.2) is 0 Å². The van der Waals surface area contributed by atoms with Crippen LogP contribution in [-0.2, 0) is 4.79 Å². The Kier molecular flexibility index (Phi) is 4.47. The first-order valence-electron chi connectivity index (χ1n) is 5.75. The normalized spacial score (nSPS) is 23.3. The molecule has 102 valence electrons. The Bertz CT molecular complexity index is 509.